The number of rotatable bonds is 7. The highest BCUT2D eigenvalue weighted by Crippen LogP contribution is 2.36. The molecule has 3 aromatic rings. The van der Waals surface area contributed by atoms with Gasteiger partial charge in [0.1, 0.15) is 4.83 Å². The van der Waals surface area contributed by atoms with Crippen molar-refractivity contribution in [2.75, 3.05) is 5.75 Å². The van der Waals surface area contributed by atoms with Crippen LogP contribution in [0.5, 0.6) is 0 Å². The Morgan fingerprint density at radius 1 is 1.19 bits per heavy atom. The first-order valence-electron chi connectivity index (χ1n) is 9.96. The summed E-state index contributed by atoms with van der Waals surface area (Å²) in [6.45, 7) is 4.30. The summed E-state index contributed by atoms with van der Waals surface area (Å²) in [7, 11) is 0. The average Bonchev–Trinajstić information content (AvgIpc) is 3.23. The van der Waals surface area contributed by atoms with Gasteiger partial charge in [-0.05, 0) is 49.8 Å². The van der Waals surface area contributed by atoms with Crippen molar-refractivity contribution in [2.45, 2.75) is 63.9 Å². The number of nitrogens with zero attached hydrogens (tertiary/aromatic N) is 2. The average molecular weight is 399 g/mol. The van der Waals surface area contributed by atoms with Crippen LogP contribution in [0.15, 0.2) is 34.2 Å². The zero-order chi connectivity index (χ0) is 18.8. The van der Waals surface area contributed by atoms with Crippen molar-refractivity contribution in [3.8, 4) is 5.69 Å². The van der Waals surface area contributed by atoms with Crippen LogP contribution >= 0.6 is 23.1 Å². The molecule has 0 radical (unpaired) electrons. The van der Waals surface area contributed by atoms with E-state index in [9.17, 15) is 4.79 Å². The molecule has 0 saturated heterocycles. The summed E-state index contributed by atoms with van der Waals surface area (Å²) < 4.78 is 1.87. The molecular formula is C22H26N2OS2. The first-order valence-corrected chi connectivity index (χ1v) is 11.8. The predicted molar refractivity (Wildman–Crippen MR) is 117 cm³/mol. The van der Waals surface area contributed by atoms with Gasteiger partial charge < -0.3 is 0 Å². The van der Waals surface area contributed by atoms with Crippen LogP contribution in [0, 0.1) is 6.92 Å². The minimum Gasteiger partial charge on any atom is -0.268 e. The Morgan fingerprint density at radius 3 is 2.85 bits per heavy atom. The zero-order valence-electron chi connectivity index (χ0n) is 16.1. The molecule has 0 N–H and O–H groups in total. The lowest BCUT2D eigenvalue weighted by Crippen LogP contribution is -2.22. The minimum absolute atomic E-state index is 0.116. The normalized spacial score (nSPS) is 13.4. The molecule has 0 fully saturated rings. The van der Waals surface area contributed by atoms with Gasteiger partial charge in [-0.25, -0.2) is 4.98 Å². The molecule has 3 nitrogen and oxygen atoms in total. The molecule has 0 aliphatic heterocycles. The minimum atomic E-state index is 0.116. The van der Waals surface area contributed by atoms with E-state index in [1.807, 2.05) is 22.8 Å². The molecule has 1 aliphatic carbocycles. The molecule has 0 unspecified atom stereocenters. The van der Waals surface area contributed by atoms with Crippen molar-refractivity contribution in [2.24, 2.45) is 0 Å². The van der Waals surface area contributed by atoms with Crippen LogP contribution in [-0.4, -0.2) is 15.3 Å². The third-order valence-electron chi connectivity index (χ3n) is 5.29. The number of aryl methyl sites for hydroxylation is 3. The van der Waals surface area contributed by atoms with E-state index in [0.717, 1.165) is 51.6 Å². The van der Waals surface area contributed by atoms with E-state index in [1.165, 1.54) is 36.1 Å². The second kappa shape index (κ2) is 8.19. The molecule has 0 saturated carbocycles. The molecule has 1 aromatic carbocycles. The van der Waals surface area contributed by atoms with Crippen molar-refractivity contribution in [3.63, 3.8) is 0 Å². The molecule has 1 aliphatic rings. The standard InChI is InChI=1S/C22H26N2OS2/c1-3-4-5-8-14-26-22-23-20-19(16-11-9-13-18(16)27-20)21(25)24(22)17-12-7-6-10-15(17)2/h6-7,10,12H,3-5,8-9,11,13-14H2,1-2H3. The second-order valence-corrected chi connectivity index (χ2v) is 9.41. The van der Waals surface area contributed by atoms with E-state index in [0.29, 0.717) is 0 Å². The largest absolute Gasteiger partial charge is 0.268 e. The van der Waals surface area contributed by atoms with Gasteiger partial charge in [0, 0.05) is 10.6 Å². The van der Waals surface area contributed by atoms with Gasteiger partial charge in [0.25, 0.3) is 5.56 Å². The Labute approximate surface area is 168 Å². The highest BCUT2D eigenvalue weighted by Gasteiger charge is 2.24. The van der Waals surface area contributed by atoms with E-state index in [2.05, 4.69) is 19.9 Å². The molecule has 4 rings (SSSR count). The smallest absolute Gasteiger partial charge is 0.267 e. The Hall–Kier alpha value is -1.59. The van der Waals surface area contributed by atoms with Crippen LogP contribution in [-0.2, 0) is 12.8 Å². The van der Waals surface area contributed by atoms with Crippen molar-refractivity contribution in [3.05, 3.63) is 50.6 Å². The maximum atomic E-state index is 13.6. The molecule has 142 valence electrons. The van der Waals surface area contributed by atoms with Gasteiger partial charge in [0.15, 0.2) is 5.16 Å². The lowest BCUT2D eigenvalue weighted by Gasteiger charge is -2.14. The number of aromatic nitrogens is 2. The Balaban J connectivity index is 1.81. The summed E-state index contributed by atoms with van der Waals surface area (Å²) in [4.78, 5) is 20.9. The molecule has 0 amide bonds. The summed E-state index contributed by atoms with van der Waals surface area (Å²) in [6.07, 6.45) is 8.20. The topological polar surface area (TPSA) is 34.9 Å². The Morgan fingerprint density at radius 2 is 2.04 bits per heavy atom. The monoisotopic (exact) mass is 398 g/mol. The molecule has 2 heterocycles. The number of thioether (sulfide) groups is 1. The van der Waals surface area contributed by atoms with E-state index < -0.39 is 0 Å². The number of hydrogen-bond donors (Lipinski definition) is 0. The lowest BCUT2D eigenvalue weighted by atomic mass is 10.2. The van der Waals surface area contributed by atoms with Gasteiger partial charge in [0.05, 0.1) is 11.1 Å². The van der Waals surface area contributed by atoms with Crippen LogP contribution in [0.1, 0.15) is 55.0 Å². The third kappa shape index (κ3) is 3.59. The zero-order valence-corrected chi connectivity index (χ0v) is 17.7. The fourth-order valence-electron chi connectivity index (χ4n) is 3.84. The van der Waals surface area contributed by atoms with Crippen LogP contribution in [0.4, 0.5) is 0 Å². The van der Waals surface area contributed by atoms with E-state index >= 15 is 0 Å². The molecule has 5 heteroatoms. The van der Waals surface area contributed by atoms with Crippen molar-refractivity contribution in [1.82, 2.24) is 9.55 Å². The Kier molecular flexibility index (Phi) is 5.69. The fourth-order valence-corrected chi connectivity index (χ4v) is 6.15. The van der Waals surface area contributed by atoms with Crippen LogP contribution in [0.25, 0.3) is 15.9 Å². The third-order valence-corrected chi connectivity index (χ3v) is 7.50. The lowest BCUT2D eigenvalue weighted by molar-refractivity contribution is 0.705. The van der Waals surface area contributed by atoms with Gasteiger partial charge in [-0.3, -0.25) is 9.36 Å². The Bertz CT molecular complexity index is 1020. The molecular weight excluding hydrogens is 372 g/mol. The van der Waals surface area contributed by atoms with E-state index in [4.69, 9.17) is 4.98 Å². The fraction of sp³-hybridized carbons (Fsp3) is 0.455. The number of thiophene rings is 1. The van der Waals surface area contributed by atoms with Gasteiger partial charge in [-0.15, -0.1) is 11.3 Å². The van der Waals surface area contributed by atoms with Crippen LogP contribution in [0.2, 0.25) is 0 Å². The number of fused-ring (bicyclic) bond motifs is 3. The van der Waals surface area contributed by atoms with Crippen LogP contribution < -0.4 is 5.56 Å². The summed E-state index contributed by atoms with van der Waals surface area (Å²) >= 11 is 3.46. The predicted octanol–water partition coefficient (Wildman–Crippen LogP) is 5.92. The van der Waals surface area contributed by atoms with Crippen molar-refractivity contribution >= 4 is 33.3 Å². The molecule has 2 aromatic heterocycles. The number of hydrogen-bond acceptors (Lipinski definition) is 4. The van der Waals surface area contributed by atoms with Crippen molar-refractivity contribution < 1.29 is 0 Å². The van der Waals surface area contributed by atoms with Gasteiger partial charge >= 0.3 is 0 Å². The summed E-state index contributed by atoms with van der Waals surface area (Å²) in [5.41, 5.74) is 3.45. The summed E-state index contributed by atoms with van der Waals surface area (Å²) in [6, 6.07) is 8.14. The first-order chi connectivity index (χ1) is 13.2. The summed E-state index contributed by atoms with van der Waals surface area (Å²) in [5, 5.41) is 1.71. The summed E-state index contributed by atoms with van der Waals surface area (Å²) in [5.74, 6) is 1.01. The number of unbranched alkanes of at least 4 members (excludes halogenated alkanes) is 3. The highest BCUT2D eigenvalue weighted by atomic mass is 32.2. The molecule has 0 spiro atoms. The quantitative estimate of drug-likeness (QED) is 0.282. The highest BCUT2D eigenvalue weighted by molar-refractivity contribution is 7.99. The van der Waals surface area contributed by atoms with E-state index in [1.54, 1.807) is 23.1 Å². The number of benzene rings is 1. The van der Waals surface area contributed by atoms with Gasteiger partial charge in [0.2, 0.25) is 0 Å². The number of para-hydroxylation sites is 1. The SMILES string of the molecule is CCCCCCSc1nc2sc3c(c2c(=O)n1-c1ccccc1C)CCC3. The molecule has 0 atom stereocenters. The van der Waals surface area contributed by atoms with Crippen LogP contribution in [0.3, 0.4) is 0 Å². The second-order valence-electron chi connectivity index (χ2n) is 7.27. The van der Waals surface area contributed by atoms with Crippen molar-refractivity contribution in [1.29, 1.82) is 0 Å². The van der Waals surface area contributed by atoms with Gasteiger partial charge in [-0.1, -0.05) is 56.1 Å². The molecule has 27 heavy (non-hydrogen) atoms. The maximum Gasteiger partial charge on any atom is 0.267 e. The molecule has 0 bridgehead atoms. The maximum absolute atomic E-state index is 13.6. The van der Waals surface area contributed by atoms with E-state index in [-0.39, 0.29) is 5.56 Å². The van der Waals surface area contributed by atoms with Gasteiger partial charge in [-0.2, -0.15) is 0 Å². The first kappa shape index (κ1) is 18.8.